The number of para-hydroxylation sites is 1. The largest absolute Gasteiger partial charge is 0.319 e. The van der Waals surface area contributed by atoms with Crippen molar-refractivity contribution in [3.8, 4) is 0 Å². The van der Waals surface area contributed by atoms with Crippen LogP contribution in [-0.4, -0.2) is 36.6 Å². The molecular weight excluding hydrogens is 254 g/mol. The van der Waals surface area contributed by atoms with E-state index in [9.17, 15) is 0 Å². The summed E-state index contributed by atoms with van der Waals surface area (Å²) < 4.78 is 1.31. The van der Waals surface area contributed by atoms with E-state index in [2.05, 4.69) is 34.5 Å². The number of thiazole rings is 1. The number of rotatable bonds is 4. The minimum Gasteiger partial charge on any atom is -0.319 e. The lowest BCUT2D eigenvalue weighted by molar-refractivity contribution is 0.176. The van der Waals surface area contributed by atoms with Gasteiger partial charge in [-0.05, 0) is 57.6 Å². The van der Waals surface area contributed by atoms with Gasteiger partial charge in [-0.2, -0.15) is 0 Å². The van der Waals surface area contributed by atoms with E-state index in [0.717, 1.165) is 24.5 Å². The average molecular weight is 275 g/mol. The van der Waals surface area contributed by atoms with Crippen LogP contribution in [0.4, 0.5) is 0 Å². The van der Waals surface area contributed by atoms with E-state index in [1.54, 1.807) is 0 Å². The lowest BCUT2D eigenvalue weighted by atomic mass is 9.97. The summed E-state index contributed by atoms with van der Waals surface area (Å²) >= 11 is 1.84. The number of hydrogen-bond donors (Lipinski definition) is 1. The maximum absolute atomic E-state index is 4.73. The van der Waals surface area contributed by atoms with E-state index in [0.29, 0.717) is 0 Å². The van der Waals surface area contributed by atoms with Gasteiger partial charge in [-0.3, -0.25) is 4.90 Å². The van der Waals surface area contributed by atoms with Crippen LogP contribution in [0.3, 0.4) is 0 Å². The Kier molecular flexibility index (Phi) is 4.11. The van der Waals surface area contributed by atoms with Crippen LogP contribution in [0.1, 0.15) is 17.8 Å². The summed E-state index contributed by atoms with van der Waals surface area (Å²) in [4.78, 5) is 7.27. The summed E-state index contributed by atoms with van der Waals surface area (Å²) in [6.07, 6.45) is 2.62. The second-order valence-electron chi connectivity index (χ2n) is 5.35. The molecule has 0 radical (unpaired) electrons. The monoisotopic (exact) mass is 275 g/mol. The van der Waals surface area contributed by atoms with Gasteiger partial charge in [-0.25, -0.2) is 4.98 Å². The van der Waals surface area contributed by atoms with Crippen molar-refractivity contribution >= 4 is 21.6 Å². The number of benzene rings is 1. The molecule has 0 unspecified atom stereocenters. The molecule has 0 spiro atoms. The molecule has 0 bridgehead atoms. The van der Waals surface area contributed by atoms with Crippen molar-refractivity contribution in [2.75, 3.05) is 26.7 Å². The number of nitrogens with one attached hydrogen (secondary N) is 1. The molecule has 2 heterocycles. The average Bonchev–Trinajstić information content (AvgIpc) is 2.83. The zero-order valence-electron chi connectivity index (χ0n) is 11.4. The van der Waals surface area contributed by atoms with E-state index in [4.69, 9.17) is 4.98 Å². The first-order valence-electron chi connectivity index (χ1n) is 7.06. The number of fused-ring (bicyclic) bond motifs is 1. The van der Waals surface area contributed by atoms with E-state index in [1.807, 2.05) is 18.4 Å². The first-order chi connectivity index (χ1) is 9.35. The molecule has 1 aliphatic rings. The van der Waals surface area contributed by atoms with Crippen LogP contribution in [0, 0.1) is 5.92 Å². The molecule has 19 heavy (non-hydrogen) atoms. The molecule has 0 saturated carbocycles. The molecule has 3 rings (SSSR count). The van der Waals surface area contributed by atoms with Gasteiger partial charge in [0, 0.05) is 0 Å². The van der Waals surface area contributed by atoms with E-state index in [1.165, 1.54) is 35.6 Å². The highest BCUT2D eigenvalue weighted by atomic mass is 32.1. The Labute approximate surface area is 118 Å². The topological polar surface area (TPSA) is 28.2 Å². The molecule has 2 aromatic rings. The molecule has 1 aromatic carbocycles. The molecule has 1 N–H and O–H groups in total. The van der Waals surface area contributed by atoms with Gasteiger partial charge in [0.1, 0.15) is 5.01 Å². The second kappa shape index (κ2) is 5.99. The summed E-state index contributed by atoms with van der Waals surface area (Å²) in [7, 11) is 2.05. The fraction of sp³-hybridized carbons (Fsp3) is 0.533. The van der Waals surface area contributed by atoms with Crippen molar-refractivity contribution < 1.29 is 0 Å². The highest BCUT2D eigenvalue weighted by molar-refractivity contribution is 7.18. The number of hydrogen-bond acceptors (Lipinski definition) is 4. The van der Waals surface area contributed by atoms with Crippen LogP contribution < -0.4 is 5.32 Å². The van der Waals surface area contributed by atoms with Crippen molar-refractivity contribution in [3.63, 3.8) is 0 Å². The molecule has 1 aromatic heterocycles. The lowest BCUT2D eigenvalue weighted by Gasteiger charge is -2.31. The van der Waals surface area contributed by atoms with Crippen molar-refractivity contribution in [2.24, 2.45) is 5.92 Å². The smallest absolute Gasteiger partial charge is 0.108 e. The van der Waals surface area contributed by atoms with Gasteiger partial charge in [-0.1, -0.05) is 12.1 Å². The minimum absolute atomic E-state index is 0.858. The fourth-order valence-electron chi connectivity index (χ4n) is 2.82. The van der Waals surface area contributed by atoms with Crippen LogP contribution in [-0.2, 0) is 6.54 Å². The number of piperidine rings is 1. The fourth-order valence-corrected chi connectivity index (χ4v) is 3.83. The summed E-state index contributed by atoms with van der Waals surface area (Å²) in [5, 5.41) is 4.55. The second-order valence-corrected chi connectivity index (χ2v) is 6.47. The maximum atomic E-state index is 4.73. The molecule has 1 aliphatic heterocycles. The number of aromatic nitrogens is 1. The predicted octanol–water partition coefficient (Wildman–Crippen LogP) is 2.73. The van der Waals surface area contributed by atoms with Gasteiger partial charge in [0.2, 0.25) is 0 Å². The van der Waals surface area contributed by atoms with E-state index < -0.39 is 0 Å². The third kappa shape index (κ3) is 3.14. The molecular formula is C15H21N3S. The summed E-state index contributed by atoms with van der Waals surface area (Å²) in [6.45, 7) is 4.60. The molecule has 4 heteroatoms. The standard InChI is InChI=1S/C15H21N3S/c1-16-10-12-6-8-18(9-7-12)11-15-17-13-4-2-3-5-14(13)19-15/h2-5,12,16H,6-11H2,1H3. The third-order valence-electron chi connectivity index (χ3n) is 3.90. The van der Waals surface area contributed by atoms with Gasteiger partial charge in [0.15, 0.2) is 0 Å². The van der Waals surface area contributed by atoms with Gasteiger partial charge in [-0.15, -0.1) is 11.3 Å². The van der Waals surface area contributed by atoms with Crippen LogP contribution in [0.25, 0.3) is 10.2 Å². The Bertz CT molecular complexity index is 496. The SMILES string of the molecule is CNCC1CCN(Cc2nc3ccccc3s2)CC1. The molecule has 0 amide bonds. The zero-order chi connectivity index (χ0) is 13.1. The molecule has 102 valence electrons. The Morgan fingerprint density at radius 2 is 2.11 bits per heavy atom. The van der Waals surface area contributed by atoms with Gasteiger partial charge < -0.3 is 5.32 Å². The highest BCUT2D eigenvalue weighted by Crippen LogP contribution is 2.24. The Morgan fingerprint density at radius 3 is 2.84 bits per heavy atom. The lowest BCUT2D eigenvalue weighted by Crippen LogP contribution is -2.36. The Balaban J connectivity index is 1.60. The maximum Gasteiger partial charge on any atom is 0.108 e. The summed E-state index contributed by atoms with van der Waals surface area (Å²) in [5.41, 5.74) is 1.15. The highest BCUT2D eigenvalue weighted by Gasteiger charge is 2.19. The Morgan fingerprint density at radius 1 is 1.32 bits per heavy atom. The van der Waals surface area contributed by atoms with Crippen LogP contribution in [0.5, 0.6) is 0 Å². The van der Waals surface area contributed by atoms with E-state index in [-0.39, 0.29) is 0 Å². The normalized spacial score (nSPS) is 18.2. The van der Waals surface area contributed by atoms with Crippen LogP contribution >= 0.6 is 11.3 Å². The first kappa shape index (κ1) is 13.0. The summed E-state index contributed by atoms with van der Waals surface area (Å²) in [5.74, 6) is 0.858. The molecule has 3 nitrogen and oxygen atoms in total. The summed E-state index contributed by atoms with van der Waals surface area (Å²) in [6, 6.07) is 8.42. The van der Waals surface area contributed by atoms with Crippen LogP contribution in [0.2, 0.25) is 0 Å². The number of nitrogens with zero attached hydrogens (tertiary/aromatic N) is 2. The van der Waals surface area contributed by atoms with Crippen molar-refractivity contribution in [2.45, 2.75) is 19.4 Å². The molecule has 1 saturated heterocycles. The number of likely N-dealkylation sites (tertiary alicyclic amines) is 1. The van der Waals surface area contributed by atoms with Gasteiger partial charge in [0.25, 0.3) is 0 Å². The van der Waals surface area contributed by atoms with Gasteiger partial charge in [0.05, 0.1) is 16.8 Å². The minimum atomic E-state index is 0.858. The first-order valence-corrected chi connectivity index (χ1v) is 7.88. The molecule has 0 aliphatic carbocycles. The van der Waals surface area contributed by atoms with Crippen molar-refractivity contribution in [1.29, 1.82) is 0 Å². The molecule has 0 atom stereocenters. The van der Waals surface area contributed by atoms with E-state index >= 15 is 0 Å². The zero-order valence-corrected chi connectivity index (χ0v) is 12.2. The van der Waals surface area contributed by atoms with Crippen molar-refractivity contribution in [3.05, 3.63) is 29.3 Å². The quantitative estimate of drug-likeness (QED) is 0.930. The molecule has 1 fully saturated rings. The van der Waals surface area contributed by atoms with Gasteiger partial charge >= 0.3 is 0 Å². The van der Waals surface area contributed by atoms with Crippen LogP contribution in [0.15, 0.2) is 24.3 Å². The predicted molar refractivity (Wildman–Crippen MR) is 81.5 cm³/mol. The van der Waals surface area contributed by atoms with Crippen molar-refractivity contribution in [1.82, 2.24) is 15.2 Å². The third-order valence-corrected chi connectivity index (χ3v) is 4.92. The Hall–Kier alpha value is -0.970.